The minimum absolute atomic E-state index is 0.171. The fourth-order valence-corrected chi connectivity index (χ4v) is 4.17. The molecule has 0 unspecified atom stereocenters. The van der Waals surface area contributed by atoms with E-state index in [9.17, 15) is 4.79 Å². The van der Waals surface area contributed by atoms with Gasteiger partial charge in [0.05, 0.1) is 12.3 Å². The van der Waals surface area contributed by atoms with Crippen molar-refractivity contribution in [2.45, 2.75) is 34.1 Å². The summed E-state index contributed by atoms with van der Waals surface area (Å²) < 4.78 is 0. The highest BCUT2D eigenvalue weighted by molar-refractivity contribution is 8.14. The molecule has 3 rings (SSSR count). The first-order valence-corrected chi connectivity index (χ1v) is 11.1. The number of anilines is 2. The Balaban J connectivity index is 1.53. The number of hydrogen-bond acceptors (Lipinski definition) is 6. The third-order valence-electron chi connectivity index (χ3n) is 4.80. The van der Waals surface area contributed by atoms with Crippen LogP contribution in [-0.4, -0.2) is 35.6 Å². The van der Waals surface area contributed by atoms with E-state index in [1.807, 2.05) is 45.0 Å². The third kappa shape index (κ3) is 6.10. The van der Waals surface area contributed by atoms with Crippen molar-refractivity contribution in [3.05, 3.63) is 58.7 Å². The Morgan fingerprint density at radius 1 is 1.13 bits per heavy atom. The van der Waals surface area contributed by atoms with Gasteiger partial charge in [-0.2, -0.15) is 5.10 Å². The Labute approximate surface area is 182 Å². The van der Waals surface area contributed by atoms with Crippen molar-refractivity contribution in [3.8, 4) is 0 Å². The molecule has 0 aromatic heterocycles. The number of hydrazone groups is 1. The van der Waals surface area contributed by atoms with E-state index in [4.69, 9.17) is 0 Å². The Morgan fingerprint density at radius 3 is 2.47 bits per heavy atom. The second-order valence-electron chi connectivity index (χ2n) is 7.45. The minimum atomic E-state index is -0.181. The predicted molar refractivity (Wildman–Crippen MR) is 129 cm³/mol. The molecule has 2 aromatic rings. The van der Waals surface area contributed by atoms with Crippen molar-refractivity contribution >= 4 is 39.9 Å². The first-order chi connectivity index (χ1) is 14.4. The molecule has 0 aliphatic carbocycles. The van der Waals surface area contributed by atoms with Crippen LogP contribution in [0.5, 0.6) is 0 Å². The van der Waals surface area contributed by atoms with Gasteiger partial charge in [0.1, 0.15) is 0 Å². The van der Waals surface area contributed by atoms with E-state index in [1.165, 1.54) is 5.56 Å². The number of carbonyl (C=O) groups is 1. The van der Waals surface area contributed by atoms with Gasteiger partial charge in [0.2, 0.25) is 0 Å². The van der Waals surface area contributed by atoms with Crippen LogP contribution in [0.3, 0.4) is 0 Å². The molecule has 0 saturated heterocycles. The summed E-state index contributed by atoms with van der Waals surface area (Å²) in [6.45, 7) is 9.09. The molecule has 0 radical (unpaired) electrons. The van der Waals surface area contributed by atoms with Gasteiger partial charge in [0.15, 0.2) is 5.17 Å². The van der Waals surface area contributed by atoms with Gasteiger partial charge >= 0.3 is 0 Å². The molecule has 1 aliphatic heterocycles. The summed E-state index contributed by atoms with van der Waals surface area (Å²) in [6, 6.07) is 12.2. The predicted octanol–water partition coefficient (Wildman–Crippen LogP) is 4.47. The minimum Gasteiger partial charge on any atom is -0.376 e. The van der Waals surface area contributed by atoms with Gasteiger partial charge in [-0.05, 0) is 62.9 Å². The van der Waals surface area contributed by atoms with Gasteiger partial charge in [0.25, 0.3) is 5.91 Å². The van der Waals surface area contributed by atoms with E-state index in [-0.39, 0.29) is 12.5 Å². The number of amidine groups is 1. The zero-order valence-electron chi connectivity index (χ0n) is 18.0. The number of carbonyl (C=O) groups excluding carboxylic acids is 1. The topological polar surface area (TPSA) is 77.9 Å². The maximum absolute atomic E-state index is 12.2. The highest BCUT2D eigenvalue weighted by Gasteiger charge is 2.08. The van der Waals surface area contributed by atoms with E-state index >= 15 is 0 Å². The maximum Gasteiger partial charge on any atom is 0.259 e. The monoisotopic (exact) mass is 423 g/mol. The molecule has 0 spiro atoms. The SMILES string of the molecule is C/C(=N/NC(=O)CNc1c(C)cc(C)cc1C)c1ccc(NC2=NCCCS2)cc1. The van der Waals surface area contributed by atoms with E-state index in [1.54, 1.807) is 11.8 Å². The average molecular weight is 424 g/mol. The summed E-state index contributed by atoms with van der Waals surface area (Å²) >= 11 is 1.75. The van der Waals surface area contributed by atoms with Gasteiger partial charge < -0.3 is 10.6 Å². The molecule has 158 valence electrons. The van der Waals surface area contributed by atoms with Gasteiger partial charge in [-0.1, -0.05) is 41.6 Å². The van der Waals surface area contributed by atoms with Gasteiger partial charge in [-0.15, -0.1) is 0 Å². The maximum atomic E-state index is 12.2. The summed E-state index contributed by atoms with van der Waals surface area (Å²) in [7, 11) is 0. The van der Waals surface area contributed by atoms with E-state index in [0.717, 1.165) is 57.7 Å². The van der Waals surface area contributed by atoms with Crippen molar-refractivity contribution in [1.29, 1.82) is 0 Å². The lowest BCUT2D eigenvalue weighted by Gasteiger charge is -2.14. The molecule has 1 aliphatic rings. The summed E-state index contributed by atoms with van der Waals surface area (Å²) in [5.74, 6) is 0.923. The molecule has 2 aromatic carbocycles. The molecule has 30 heavy (non-hydrogen) atoms. The standard InChI is InChI=1S/C23H29N5OS/c1-15-12-16(2)22(17(3)13-15)25-14-21(29)28-27-18(4)19-6-8-20(9-7-19)26-23-24-10-5-11-30-23/h6-9,12-13,25H,5,10-11,14H2,1-4H3,(H,24,26)(H,28,29)/b27-18-. The molecule has 0 atom stereocenters. The van der Waals surface area contributed by atoms with Crippen LogP contribution in [0, 0.1) is 20.8 Å². The van der Waals surface area contributed by atoms with Gasteiger partial charge in [-0.25, -0.2) is 5.43 Å². The van der Waals surface area contributed by atoms with Crippen LogP contribution in [0.2, 0.25) is 0 Å². The van der Waals surface area contributed by atoms with Crippen LogP contribution in [0.25, 0.3) is 0 Å². The number of benzene rings is 2. The molecular formula is C23H29N5OS. The summed E-state index contributed by atoms with van der Waals surface area (Å²) in [4.78, 5) is 16.7. The van der Waals surface area contributed by atoms with Crippen LogP contribution in [0.4, 0.5) is 11.4 Å². The lowest BCUT2D eigenvalue weighted by molar-refractivity contribution is -0.119. The van der Waals surface area contributed by atoms with Crippen LogP contribution in [0.1, 0.15) is 35.6 Å². The van der Waals surface area contributed by atoms with Crippen LogP contribution in [-0.2, 0) is 4.79 Å². The van der Waals surface area contributed by atoms with Crippen molar-refractivity contribution < 1.29 is 4.79 Å². The molecular weight excluding hydrogens is 394 g/mol. The normalized spacial score (nSPS) is 14.1. The Hall–Kier alpha value is -2.80. The van der Waals surface area contributed by atoms with Crippen molar-refractivity contribution in [2.75, 3.05) is 29.5 Å². The molecule has 6 nitrogen and oxygen atoms in total. The van der Waals surface area contributed by atoms with Crippen LogP contribution in [0.15, 0.2) is 46.5 Å². The van der Waals surface area contributed by atoms with E-state index in [0.29, 0.717) is 0 Å². The zero-order chi connectivity index (χ0) is 21.5. The average Bonchev–Trinajstić information content (AvgIpc) is 2.72. The summed E-state index contributed by atoms with van der Waals surface area (Å²) in [5.41, 5.74) is 9.81. The fourth-order valence-electron chi connectivity index (χ4n) is 3.33. The van der Waals surface area contributed by atoms with Crippen molar-refractivity contribution in [1.82, 2.24) is 5.43 Å². The van der Waals surface area contributed by atoms with Crippen molar-refractivity contribution in [3.63, 3.8) is 0 Å². The number of thioether (sulfide) groups is 1. The number of hydrogen-bond donors (Lipinski definition) is 3. The summed E-state index contributed by atoms with van der Waals surface area (Å²) in [6.07, 6.45) is 1.13. The number of amides is 1. The third-order valence-corrected chi connectivity index (χ3v) is 5.80. The number of rotatable bonds is 6. The molecule has 0 bridgehead atoms. The molecule has 0 fully saturated rings. The largest absolute Gasteiger partial charge is 0.376 e. The summed E-state index contributed by atoms with van der Waals surface area (Å²) in [5, 5.41) is 11.8. The Kier molecular flexibility index (Phi) is 7.52. The zero-order valence-corrected chi connectivity index (χ0v) is 18.8. The highest BCUT2D eigenvalue weighted by Crippen LogP contribution is 2.21. The number of aliphatic imine (C=N–C) groups is 1. The second kappa shape index (κ2) is 10.3. The van der Waals surface area contributed by atoms with E-state index in [2.05, 4.69) is 45.2 Å². The Morgan fingerprint density at radius 2 is 1.83 bits per heavy atom. The molecule has 3 N–H and O–H groups in total. The number of nitrogens with one attached hydrogen (secondary N) is 3. The molecule has 1 amide bonds. The molecule has 0 saturated carbocycles. The Bertz CT molecular complexity index is 943. The van der Waals surface area contributed by atoms with Crippen molar-refractivity contribution in [2.24, 2.45) is 10.1 Å². The smallest absolute Gasteiger partial charge is 0.259 e. The second-order valence-corrected chi connectivity index (χ2v) is 8.53. The first-order valence-electron chi connectivity index (χ1n) is 10.1. The highest BCUT2D eigenvalue weighted by atomic mass is 32.2. The fraction of sp³-hybridized carbons (Fsp3) is 0.348. The lowest BCUT2D eigenvalue weighted by Crippen LogP contribution is -2.27. The van der Waals surface area contributed by atoms with Gasteiger partial charge in [0, 0.05) is 23.7 Å². The van der Waals surface area contributed by atoms with E-state index < -0.39 is 0 Å². The van der Waals surface area contributed by atoms with Crippen LogP contribution >= 0.6 is 11.8 Å². The molecule has 7 heteroatoms. The number of aryl methyl sites for hydroxylation is 3. The first kappa shape index (κ1) is 21.9. The quantitative estimate of drug-likeness (QED) is 0.473. The molecule has 1 heterocycles. The lowest BCUT2D eigenvalue weighted by atomic mass is 10.1. The van der Waals surface area contributed by atoms with Gasteiger partial charge in [-0.3, -0.25) is 9.79 Å². The van der Waals surface area contributed by atoms with Crippen LogP contribution < -0.4 is 16.1 Å². The number of nitrogens with zero attached hydrogens (tertiary/aromatic N) is 2.